The zero-order valence-corrected chi connectivity index (χ0v) is 13.9. The number of benzene rings is 1. The summed E-state index contributed by atoms with van der Waals surface area (Å²) in [6.45, 7) is 12.5. The van der Waals surface area contributed by atoms with E-state index in [9.17, 15) is 10.1 Å². The van der Waals surface area contributed by atoms with Crippen molar-refractivity contribution in [2.45, 2.75) is 59.3 Å². The summed E-state index contributed by atoms with van der Waals surface area (Å²) < 4.78 is 0. The fourth-order valence-electron chi connectivity index (χ4n) is 3.39. The lowest BCUT2D eigenvalue weighted by molar-refractivity contribution is -0.144. The average Bonchev–Trinajstić information content (AvgIpc) is 2.34. The highest BCUT2D eigenvalue weighted by atomic mass is 16.1. The molecule has 0 spiro atoms. The van der Waals surface area contributed by atoms with Crippen LogP contribution in [-0.2, 0) is 10.2 Å². The van der Waals surface area contributed by atoms with E-state index in [-0.39, 0.29) is 22.5 Å². The number of ketones is 1. The van der Waals surface area contributed by atoms with Gasteiger partial charge in [-0.05, 0) is 22.0 Å². The van der Waals surface area contributed by atoms with Crippen molar-refractivity contribution in [3.63, 3.8) is 0 Å². The third kappa shape index (κ3) is 2.29. The molecule has 0 amide bonds. The van der Waals surface area contributed by atoms with Crippen LogP contribution >= 0.6 is 0 Å². The van der Waals surface area contributed by atoms with Crippen molar-refractivity contribution in [2.75, 3.05) is 0 Å². The Labute approximate surface area is 128 Å². The fourth-order valence-corrected chi connectivity index (χ4v) is 3.39. The highest BCUT2D eigenvalue weighted by Crippen LogP contribution is 2.59. The van der Waals surface area contributed by atoms with Crippen molar-refractivity contribution in [3.8, 4) is 6.07 Å². The highest BCUT2D eigenvalue weighted by Gasteiger charge is 2.62. The van der Waals surface area contributed by atoms with E-state index in [0.29, 0.717) is 6.42 Å². The molecular formula is C19H25NO. The second kappa shape index (κ2) is 4.70. The number of nitriles is 1. The molecule has 1 aromatic rings. The molecule has 0 bridgehead atoms. The normalized spacial score (nSPS) is 26.1. The van der Waals surface area contributed by atoms with Gasteiger partial charge in [0.1, 0.15) is 5.41 Å². The van der Waals surface area contributed by atoms with Crippen molar-refractivity contribution in [1.82, 2.24) is 0 Å². The summed E-state index contributed by atoms with van der Waals surface area (Å²) in [6, 6.07) is 10.8. The summed E-state index contributed by atoms with van der Waals surface area (Å²) in [4.78, 5) is 12.2. The topological polar surface area (TPSA) is 40.9 Å². The molecule has 2 nitrogen and oxygen atoms in total. The van der Waals surface area contributed by atoms with Gasteiger partial charge in [-0.2, -0.15) is 5.26 Å². The summed E-state index contributed by atoms with van der Waals surface area (Å²) in [5.74, 6) is 0.103. The standard InChI is InChI=1S/C19H25NO/c1-17(2,3)14-9-7-13(8-10-14)15-11-16(21)19(15,12-20)18(4,5)6/h7-10,15H,11H2,1-6H3/t15-,19-/m0/s1. The Balaban J connectivity index is 2.40. The monoisotopic (exact) mass is 283 g/mol. The molecule has 0 aromatic heterocycles. The van der Waals surface area contributed by atoms with Crippen molar-refractivity contribution < 1.29 is 4.79 Å². The van der Waals surface area contributed by atoms with E-state index in [4.69, 9.17) is 0 Å². The first kappa shape index (κ1) is 15.8. The van der Waals surface area contributed by atoms with E-state index in [0.717, 1.165) is 5.56 Å². The Hall–Kier alpha value is -1.62. The minimum Gasteiger partial charge on any atom is -0.298 e. The van der Waals surface area contributed by atoms with Gasteiger partial charge in [-0.3, -0.25) is 4.79 Å². The van der Waals surface area contributed by atoms with Gasteiger partial charge in [-0.1, -0.05) is 65.8 Å². The first-order valence-corrected chi connectivity index (χ1v) is 7.59. The van der Waals surface area contributed by atoms with Crippen LogP contribution in [0.2, 0.25) is 0 Å². The number of Topliss-reactive ketones (excluding diaryl/α,β-unsaturated/α-hetero) is 1. The third-order valence-corrected chi connectivity index (χ3v) is 4.89. The second-order valence-corrected chi connectivity index (χ2v) is 8.22. The summed E-state index contributed by atoms with van der Waals surface area (Å²) >= 11 is 0. The quantitative estimate of drug-likeness (QED) is 0.756. The van der Waals surface area contributed by atoms with Gasteiger partial charge >= 0.3 is 0 Å². The van der Waals surface area contributed by atoms with Gasteiger partial charge in [0, 0.05) is 12.3 Å². The molecule has 1 aliphatic rings. The molecule has 21 heavy (non-hydrogen) atoms. The van der Waals surface area contributed by atoms with Gasteiger partial charge in [0.2, 0.25) is 0 Å². The third-order valence-electron chi connectivity index (χ3n) is 4.89. The summed E-state index contributed by atoms with van der Waals surface area (Å²) in [6.07, 6.45) is 0.486. The molecule has 1 aliphatic carbocycles. The van der Waals surface area contributed by atoms with Crippen molar-refractivity contribution >= 4 is 5.78 Å². The highest BCUT2D eigenvalue weighted by molar-refractivity contribution is 5.97. The molecule has 0 saturated heterocycles. The lowest BCUT2D eigenvalue weighted by atomic mass is 9.47. The Morgan fingerprint density at radius 1 is 1.10 bits per heavy atom. The summed E-state index contributed by atoms with van der Waals surface area (Å²) in [5.41, 5.74) is 1.28. The largest absolute Gasteiger partial charge is 0.298 e. The predicted molar refractivity (Wildman–Crippen MR) is 85.0 cm³/mol. The van der Waals surface area contributed by atoms with Gasteiger partial charge in [-0.15, -0.1) is 0 Å². The molecule has 1 saturated carbocycles. The smallest absolute Gasteiger partial charge is 0.154 e. The van der Waals surface area contributed by atoms with Crippen molar-refractivity contribution in [2.24, 2.45) is 10.8 Å². The summed E-state index contributed by atoms with van der Waals surface area (Å²) in [5, 5.41) is 9.69. The molecule has 2 heteroatoms. The molecule has 0 radical (unpaired) electrons. The first-order valence-electron chi connectivity index (χ1n) is 7.59. The molecule has 2 rings (SSSR count). The van der Waals surface area contributed by atoms with Crippen LogP contribution in [0.15, 0.2) is 24.3 Å². The zero-order chi connectivity index (χ0) is 16.1. The summed E-state index contributed by atoms with van der Waals surface area (Å²) in [7, 11) is 0. The Kier molecular flexibility index (Phi) is 3.53. The van der Waals surface area contributed by atoms with E-state index in [1.165, 1.54) is 5.56 Å². The van der Waals surface area contributed by atoms with E-state index in [2.05, 4.69) is 51.1 Å². The maximum atomic E-state index is 12.2. The second-order valence-electron chi connectivity index (χ2n) is 8.22. The van der Waals surface area contributed by atoms with Crippen LogP contribution in [0.3, 0.4) is 0 Å². The number of nitrogens with zero attached hydrogens (tertiary/aromatic N) is 1. The maximum Gasteiger partial charge on any atom is 0.154 e. The van der Waals surface area contributed by atoms with Crippen molar-refractivity contribution in [1.29, 1.82) is 5.26 Å². The molecule has 0 N–H and O–H groups in total. The molecule has 1 fully saturated rings. The van der Waals surface area contributed by atoms with Crippen LogP contribution in [0.4, 0.5) is 0 Å². The average molecular weight is 283 g/mol. The van der Waals surface area contributed by atoms with E-state index >= 15 is 0 Å². The van der Waals surface area contributed by atoms with Crippen LogP contribution in [-0.4, -0.2) is 5.78 Å². The van der Waals surface area contributed by atoms with Gasteiger partial charge in [0.05, 0.1) is 6.07 Å². The van der Waals surface area contributed by atoms with Gasteiger partial charge in [-0.25, -0.2) is 0 Å². The number of rotatable bonds is 1. The SMILES string of the molecule is CC(C)(C)c1ccc([C@@H]2CC(=O)[C@@]2(C#N)C(C)(C)C)cc1. The van der Waals surface area contributed by atoms with E-state index < -0.39 is 5.41 Å². The first-order chi connectivity index (χ1) is 9.54. The Bertz CT molecular complexity index is 592. The molecule has 0 heterocycles. The Morgan fingerprint density at radius 3 is 1.95 bits per heavy atom. The van der Waals surface area contributed by atoms with Crippen LogP contribution in [0.5, 0.6) is 0 Å². The molecule has 2 atom stereocenters. The molecule has 0 aliphatic heterocycles. The maximum absolute atomic E-state index is 12.2. The molecule has 112 valence electrons. The zero-order valence-electron chi connectivity index (χ0n) is 13.9. The number of carbonyl (C=O) groups is 1. The minimum atomic E-state index is -0.879. The van der Waals surface area contributed by atoms with Crippen molar-refractivity contribution in [3.05, 3.63) is 35.4 Å². The van der Waals surface area contributed by atoms with Gasteiger partial charge in [0.25, 0.3) is 0 Å². The van der Waals surface area contributed by atoms with E-state index in [1.807, 2.05) is 20.8 Å². The lowest BCUT2D eigenvalue weighted by Gasteiger charge is -2.51. The number of hydrogen-bond donors (Lipinski definition) is 0. The van der Waals surface area contributed by atoms with E-state index in [1.54, 1.807) is 0 Å². The predicted octanol–water partition coefficient (Wildman–Crippen LogP) is 4.60. The van der Waals surface area contributed by atoms with Gasteiger partial charge < -0.3 is 0 Å². The molecule has 0 unspecified atom stereocenters. The minimum absolute atomic E-state index is 0.0176. The lowest BCUT2D eigenvalue weighted by Crippen LogP contribution is -2.55. The van der Waals surface area contributed by atoms with Crippen LogP contribution in [0.1, 0.15) is 65.0 Å². The number of hydrogen-bond acceptors (Lipinski definition) is 2. The Morgan fingerprint density at radius 2 is 1.62 bits per heavy atom. The number of carbonyl (C=O) groups excluding carboxylic acids is 1. The van der Waals surface area contributed by atoms with Crippen LogP contribution in [0.25, 0.3) is 0 Å². The fraction of sp³-hybridized carbons (Fsp3) is 0.579. The van der Waals surface area contributed by atoms with Crippen LogP contribution < -0.4 is 0 Å². The van der Waals surface area contributed by atoms with Gasteiger partial charge in [0.15, 0.2) is 5.78 Å². The molecular weight excluding hydrogens is 258 g/mol. The van der Waals surface area contributed by atoms with Crippen LogP contribution in [0, 0.1) is 22.2 Å². The molecule has 1 aromatic carbocycles.